The smallest absolute Gasteiger partial charge is 0.317 e. The topological polar surface area (TPSA) is 59.6 Å². The van der Waals surface area contributed by atoms with Crippen LogP contribution >= 0.6 is 12.2 Å². The van der Waals surface area contributed by atoms with E-state index in [1.54, 1.807) is 0 Å². The lowest BCUT2D eigenvalue weighted by molar-refractivity contribution is -0.147. The Balaban J connectivity index is 2.16. The van der Waals surface area contributed by atoms with Gasteiger partial charge in [-0.15, -0.1) is 0 Å². The van der Waals surface area contributed by atoms with Gasteiger partial charge in [0.2, 0.25) is 0 Å². The molecule has 1 fully saturated rings. The third-order valence-corrected chi connectivity index (χ3v) is 4.09. The first-order chi connectivity index (χ1) is 12.1. The van der Waals surface area contributed by atoms with Gasteiger partial charge in [-0.25, -0.2) is 0 Å². The molecule has 134 valence electrons. The number of nitrogens with one attached hydrogen (secondary N) is 2. The van der Waals surface area contributed by atoms with Gasteiger partial charge in [-0.1, -0.05) is 44.7 Å². The Kier molecular flexibility index (Phi) is 7.01. The summed E-state index contributed by atoms with van der Waals surface area (Å²) in [7, 11) is 0. The number of rotatable bonds is 8. The minimum Gasteiger partial charge on any atom is -0.494 e. The summed E-state index contributed by atoms with van der Waals surface area (Å²) < 4.78 is 10.9. The van der Waals surface area contributed by atoms with E-state index in [0.29, 0.717) is 17.4 Å². The monoisotopic (exact) mass is 360 g/mol. The Morgan fingerprint density at radius 2 is 2.08 bits per heavy atom. The zero-order valence-electron chi connectivity index (χ0n) is 14.4. The average molecular weight is 360 g/mol. The highest BCUT2D eigenvalue weighted by Gasteiger charge is 2.37. The molecule has 0 amide bonds. The van der Waals surface area contributed by atoms with Crippen molar-refractivity contribution in [2.45, 2.75) is 25.8 Å². The number of ether oxygens (including phenoxy) is 2. The number of benzene rings is 1. The summed E-state index contributed by atoms with van der Waals surface area (Å²) in [6, 6.07) is 7.30. The maximum atomic E-state index is 12.4. The van der Waals surface area contributed by atoms with Crippen molar-refractivity contribution in [1.29, 1.82) is 0 Å². The summed E-state index contributed by atoms with van der Waals surface area (Å²) in [4.78, 5) is 12.4. The molecule has 1 aliphatic heterocycles. The molecule has 0 radical (unpaired) electrons. The number of thiocarbonyl (C=S) groups is 1. The highest BCUT2D eigenvalue weighted by atomic mass is 32.1. The third kappa shape index (κ3) is 5.06. The molecule has 0 saturated carbocycles. The molecular weight excluding hydrogens is 336 g/mol. The Morgan fingerprint density at radius 1 is 1.36 bits per heavy atom. The van der Waals surface area contributed by atoms with Crippen LogP contribution in [0.25, 0.3) is 0 Å². The van der Waals surface area contributed by atoms with Crippen molar-refractivity contribution < 1.29 is 14.3 Å². The number of hydrogen-bond donors (Lipinski definition) is 2. The molecule has 1 heterocycles. The summed E-state index contributed by atoms with van der Waals surface area (Å²) in [5.41, 5.74) is 1.43. The van der Waals surface area contributed by atoms with Crippen molar-refractivity contribution in [3.05, 3.63) is 54.8 Å². The van der Waals surface area contributed by atoms with Crippen molar-refractivity contribution in [3.63, 3.8) is 0 Å². The predicted octanol–water partition coefficient (Wildman–Crippen LogP) is 3.24. The predicted molar refractivity (Wildman–Crippen MR) is 102 cm³/mol. The van der Waals surface area contributed by atoms with Crippen LogP contribution in [0.1, 0.15) is 31.4 Å². The van der Waals surface area contributed by atoms with Crippen molar-refractivity contribution >= 4 is 23.3 Å². The fourth-order valence-corrected chi connectivity index (χ4v) is 2.83. The van der Waals surface area contributed by atoms with Crippen LogP contribution in [0, 0.1) is 5.92 Å². The Bertz CT molecular complexity index is 643. The van der Waals surface area contributed by atoms with Gasteiger partial charge in [0, 0.05) is 5.70 Å². The normalized spacial score (nSPS) is 19.6. The summed E-state index contributed by atoms with van der Waals surface area (Å²) in [6.45, 7) is 10.5. The SMILES string of the molecule is C=CCOC(=O)[C@H]1C(=C)NC(=S)N[C@@H]1c1ccc(OCCCC)cc1. The lowest BCUT2D eigenvalue weighted by Crippen LogP contribution is -2.51. The third-order valence-electron chi connectivity index (χ3n) is 3.87. The Hall–Kier alpha value is -2.34. The number of unbranched alkanes of at least 4 members (excludes halogenated alkanes) is 1. The van der Waals surface area contributed by atoms with Crippen LogP contribution in [0.5, 0.6) is 5.75 Å². The minimum absolute atomic E-state index is 0.157. The van der Waals surface area contributed by atoms with Crippen LogP contribution in [-0.4, -0.2) is 24.3 Å². The van der Waals surface area contributed by atoms with Gasteiger partial charge in [-0.05, 0) is 36.3 Å². The molecule has 0 aliphatic carbocycles. The highest BCUT2D eigenvalue weighted by Crippen LogP contribution is 2.31. The highest BCUT2D eigenvalue weighted by molar-refractivity contribution is 7.80. The second-order valence-electron chi connectivity index (χ2n) is 5.77. The number of carbonyl (C=O) groups is 1. The van der Waals surface area contributed by atoms with Crippen molar-refractivity contribution in [2.75, 3.05) is 13.2 Å². The lowest BCUT2D eigenvalue weighted by Gasteiger charge is -2.34. The Labute approximate surface area is 154 Å². The molecule has 0 spiro atoms. The van der Waals surface area contributed by atoms with Crippen LogP contribution in [0.15, 0.2) is 49.2 Å². The van der Waals surface area contributed by atoms with E-state index >= 15 is 0 Å². The molecule has 2 N–H and O–H groups in total. The van der Waals surface area contributed by atoms with Crippen LogP contribution in [0.3, 0.4) is 0 Å². The van der Waals surface area contributed by atoms with Crippen molar-refractivity contribution in [2.24, 2.45) is 5.92 Å². The van der Waals surface area contributed by atoms with Gasteiger partial charge in [-0.3, -0.25) is 4.79 Å². The van der Waals surface area contributed by atoms with E-state index < -0.39 is 5.92 Å². The number of carbonyl (C=O) groups excluding carboxylic acids is 1. The molecule has 6 heteroatoms. The first-order valence-electron chi connectivity index (χ1n) is 8.33. The van der Waals surface area contributed by atoms with E-state index in [2.05, 4.69) is 30.7 Å². The molecule has 5 nitrogen and oxygen atoms in total. The quantitative estimate of drug-likeness (QED) is 0.321. The zero-order chi connectivity index (χ0) is 18.2. The van der Waals surface area contributed by atoms with E-state index in [4.69, 9.17) is 21.7 Å². The molecule has 1 aromatic rings. The van der Waals surface area contributed by atoms with Gasteiger partial charge in [0.1, 0.15) is 18.3 Å². The van der Waals surface area contributed by atoms with Crippen LogP contribution in [0.4, 0.5) is 0 Å². The van der Waals surface area contributed by atoms with E-state index in [1.165, 1.54) is 6.08 Å². The molecule has 25 heavy (non-hydrogen) atoms. The van der Waals surface area contributed by atoms with Gasteiger partial charge < -0.3 is 20.1 Å². The lowest BCUT2D eigenvalue weighted by atomic mass is 9.89. The van der Waals surface area contributed by atoms with E-state index in [0.717, 1.165) is 24.2 Å². The van der Waals surface area contributed by atoms with Crippen LogP contribution in [0.2, 0.25) is 0 Å². The van der Waals surface area contributed by atoms with Crippen molar-refractivity contribution in [3.8, 4) is 5.75 Å². The summed E-state index contributed by atoms with van der Waals surface area (Å²) >= 11 is 5.21. The van der Waals surface area contributed by atoms with Crippen LogP contribution < -0.4 is 15.4 Å². The first kappa shape index (κ1) is 19.0. The van der Waals surface area contributed by atoms with Gasteiger partial charge in [0.05, 0.1) is 12.6 Å². The maximum absolute atomic E-state index is 12.4. The average Bonchev–Trinajstić information content (AvgIpc) is 2.60. The first-order valence-corrected chi connectivity index (χ1v) is 8.74. The van der Waals surface area contributed by atoms with E-state index in [1.807, 2.05) is 24.3 Å². The molecule has 0 unspecified atom stereocenters. The van der Waals surface area contributed by atoms with Crippen LogP contribution in [-0.2, 0) is 9.53 Å². The molecule has 0 bridgehead atoms. The van der Waals surface area contributed by atoms with Gasteiger partial charge in [0.25, 0.3) is 0 Å². The Morgan fingerprint density at radius 3 is 2.72 bits per heavy atom. The van der Waals surface area contributed by atoms with E-state index in [9.17, 15) is 4.79 Å². The molecule has 1 aliphatic rings. The summed E-state index contributed by atoms with van der Waals surface area (Å²) in [5, 5.41) is 6.48. The largest absolute Gasteiger partial charge is 0.494 e. The fourth-order valence-electron chi connectivity index (χ4n) is 2.58. The maximum Gasteiger partial charge on any atom is 0.317 e. The van der Waals surface area contributed by atoms with Crippen molar-refractivity contribution in [1.82, 2.24) is 10.6 Å². The summed E-state index contributed by atoms with van der Waals surface area (Å²) in [5.74, 6) is -0.155. The number of hydrogen-bond acceptors (Lipinski definition) is 4. The standard InChI is InChI=1S/C19H24N2O3S/c1-4-6-12-23-15-9-7-14(8-10-15)17-16(18(22)24-11-5-2)13(3)20-19(25)21-17/h5,7-10,16-17H,2-4,6,11-12H2,1H3,(H2,20,21,25)/t16-,17+/m0/s1. The number of esters is 1. The minimum atomic E-state index is -0.585. The van der Waals surface area contributed by atoms with E-state index in [-0.39, 0.29) is 18.6 Å². The second kappa shape index (κ2) is 9.22. The molecule has 2 atom stereocenters. The summed E-state index contributed by atoms with van der Waals surface area (Å²) in [6.07, 6.45) is 3.64. The molecule has 1 saturated heterocycles. The molecule has 0 aromatic heterocycles. The fraction of sp³-hybridized carbons (Fsp3) is 0.368. The molecule has 1 aromatic carbocycles. The molecule has 2 rings (SSSR count). The zero-order valence-corrected chi connectivity index (χ0v) is 15.2. The van der Waals surface area contributed by atoms with Gasteiger partial charge in [0.15, 0.2) is 5.11 Å². The van der Waals surface area contributed by atoms with Gasteiger partial charge in [-0.2, -0.15) is 0 Å². The second-order valence-corrected chi connectivity index (χ2v) is 6.18. The molecular formula is C19H24N2O3S. The van der Waals surface area contributed by atoms with Gasteiger partial charge >= 0.3 is 5.97 Å².